The lowest BCUT2D eigenvalue weighted by atomic mass is 9.85. The van der Waals surface area contributed by atoms with Crippen molar-refractivity contribution in [3.05, 3.63) is 34.6 Å². The Morgan fingerprint density at radius 3 is 3.06 bits per heavy atom. The quantitative estimate of drug-likeness (QED) is 0.898. The molecule has 1 saturated carbocycles. The van der Waals surface area contributed by atoms with Gasteiger partial charge in [0.25, 0.3) is 6.02 Å². The van der Waals surface area contributed by atoms with Crippen LogP contribution in [0.15, 0.2) is 23.2 Å². The minimum Gasteiger partial charge on any atom is -0.462 e. The van der Waals surface area contributed by atoms with Crippen molar-refractivity contribution in [3.63, 3.8) is 0 Å². The zero-order valence-electron chi connectivity index (χ0n) is 9.37. The Kier molecular flexibility index (Phi) is 2.48. The second-order valence-corrected chi connectivity index (χ2v) is 5.02. The van der Waals surface area contributed by atoms with Crippen LogP contribution in [0.2, 0.25) is 5.02 Å². The van der Waals surface area contributed by atoms with Crippen LogP contribution in [0.5, 0.6) is 0 Å². The number of nitrogens with zero attached hydrogens (tertiary/aromatic N) is 1. The molecule has 2 N–H and O–H groups in total. The van der Waals surface area contributed by atoms with E-state index in [9.17, 15) is 8.78 Å². The van der Waals surface area contributed by atoms with Gasteiger partial charge < -0.3 is 10.5 Å². The van der Waals surface area contributed by atoms with Gasteiger partial charge in [-0.1, -0.05) is 23.7 Å². The van der Waals surface area contributed by atoms with E-state index in [0.29, 0.717) is 6.42 Å². The van der Waals surface area contributed by atoms with Gasteiger partial charge in [0.2, 0.25) is 0 Å². The molecule has 18 heavy (non-hydrogen) atoms. The molecule has 3 atom stereocenters. The van der Waals surface area contributed by atoms with Gasteiger partial charge in [0, 0.05) is 11.5 Å². The first-order valence-corrected chi connectivity index (χ1v) is 5.98. The van der Waals surface area contributed by atoms with Gasteiger partial charge in [0.05, 0.1) is 5.02 Å². The van der Waals surface area contributed by atoms with Crippen molar-refractivity contribution in [2.45, 2.75) is 18.1 Å². The van der Waals surface area contributed by atoms with E-state index in [4.69, 9.17) is 22.1 Å². The van der Waals surface area contributed by atoms with Gasteiger partial charge in [-0.3, -0.25) is 0 Å². The maximum Gasteiger partial charge on any atom is 0.283 e. The van der Waals surface area contributed by atoms with Crippen LogP contribution in [0.1, 0.15) is 12.0 Å². The predicted octanol–water partition coefficient (Wildman–Crippen LogP) is 2.38. The van der Waals surface area contributed by atoms with Crippen LogP contribution >= 0.6 is 11.6 Å². The number of aliphatic imine (C=N–C) groups is 1. The first-order valence-electron chi connectivity index (χ1n) is 5.61. The number of ether oxygens (including phenoxy) is 1. The fourth-order valence-electron chi connectivity index (χ4n) is 2.56. The average Bonchev–Trinajstić information content (AvgIpc) is 3.11. The highest BCUT2D eigenvalue weighted by Gasteiger charge is 2.60. The molecule has 3 nitrogen and oxygen atoms in total. The number of fused-ring (bicyclic) bond motifs is 1. The maximum atomic E-state index is 14.1. The summed E-state index contributed by atoms with van der Waals surface area (Å²) in [5, 5.41) is -0.0437. The Hall–Kier alpha value is -1.36. The molecule has 0 radical (unpaired) electrons. The number of amidine groups is 1. The summed E-state index contributed by atoms with van der Waals surface area (Å²) in [5.41, 5.74) is 4.39. The summed E-state index contributed by atoms with van der Waals surface area (Å²) < 4.78 is 32.9. The molecule has 6 heteroatoms. The van der Waals surface area contributed by atoms with E-state index in [1.165, 1.54) is 12.1 Å². The van der Waals surface area contributed by atoms with Gasteiger partial charge in [-0.2, -0.15) is 0 Å². The zero-order valence-corrected chi connectivity index (χ0v) is 10.1. The van der Waals surface area contributed by atoms with Gasteiger partial charge in [-0.25, -0.2) is 13.8 Å². The Labute approximate surface area is 108 Å². The van der Waals surface area contributed by atoms with E-state index in [1.807, 2.05) is 0 Å². The van der Waals surface area contributed by atoms with E-state index in [1.54, 1.807) is 6.07 Å². The number of alkyl halides is 1. The lowest BCUT2D eigenvalue weighted by Crippen LogP contribution is -2.39. The highest BCUT2D eigenvalue weighted by molar-refractivity contribution is 6.30. The molecule has 0 saturated heterocycles. The minimum atomic E-state index is -1.29. The minimum absolute atomic E-state index is 0.0437. The van der Waals surface area contributed by atoms with Crippen molar-refractivity contribution in [1.29, 1.82) is 0 Å². The number of nitrogens with two attached hydrogens (primary N) is 1. The van der Waals surface area contributed by atoms with E-state index < -0.39 is 18.0 Å². The molecule has 0 aromatic heterocycles. The van der Waals surface area contributed by atoms with Crippen molar-refractivity contribution in [3.8, 4) is 0 Å². The van der Waals surface area contributed by atoms with E-state index >= 15 is 0 Å². The fraction of sp³-hybridized carbons (Fsp3) is 0.417. The number of rotatable bonds is 2. The lowest BCUT2D eigenvalue weighted by Gasteiger charge is -2.31. The monoisotopic (exact) mass is 272 g/mol. The molecule has 1 aromatic rings. The van der Waals surface area contributed by atoms with E-state index in [0.717, 1.165) is 0 Å². The topological polar surface area (TPSA) is 47.6 Å². The third-order valence-electron chi connectivity index (χ3n) is 3.55. The van der Waals surface area contributed by atoms with Gasteiger partial charge >= 0.3 is 0 Å². The van der Waals surface area contributed by atoms with Gasteiger partial charge in [-0.05, 0) is 12.5 Å². The molecule has 1 aliphatic carbocycles. The molecule has 96 valence electrons. The SMILES string of the molecule is NC1=NC(CF)(c2cccc(Cl)c2F)C2CC2O1. The van der Waals surface area contributed by atoms with Gasteiger partial charge in [0.1, 0.15) is 24.1 Å². The molecule has 2 aliphatic rings. The Morgan fingerprint density at radius 1 is 1.56 bits per heavy atom. The van der Waals surface area contributed by atoms with E-state index in [2.05, 4.69) is 4.99 Å². The smallest absolute Gasteiger partial charge is 0.283 e. The molecule has 1 aromatic carbocycles. The molecule has 3 rings (SSSR count). The van der Waals surface area contributed by atoms with Crippen LogP contribution in [0.25, 0.3) is 0 Å². The Balaban J connectivity index is 2.17. The second-order valence-electron chi connectivity index (χ2n) is 4.61. The number of benzene rings is 1. The molecule has 0 spiro atoms. The highest BCUT2D eigenvalue weighted by Crippen LogP contribution is 2.53. The number of hydrogen-bond acceptors (Lipinski definition) is 3. The summed E-state index contributed by atoms with van der Waals surface area (Å²) in [7, 11) is 0. The Bertz CT molecular complexity index is 537. The molecule has 1 heterocycles. The summed E-state index contributed by atoms with van der Waals surface area (Å²) in [6.07, 6.45) is 0.455. The second kappa shape index (κ2) is 3.82. The zero-order chi connectivity index (χ0) is 12.9. The third kappa shape index (κ3) is 1.50. The standard InChI is InChI=1S/C12H11ClF2N2O/c13-8-3-1-2-6(10(8)15)12(5-14)7-4-9(7)18-11(16)17-12/h1-3,7,9H,4-5H2,(H2,16,17). The molecule has 1 fully saturated rings. The largest absolute Gasteiger partial charge is 0.462 e. The van der Waals surface area contributed by atoms with Crippen LogP contribution < -0.4 is 5.73 Å². The van der Waals surface area contributed by atoms with Crippen molar-refractivity contribution in [2.75, 3.05) is 6.67 Å². The maximum absolute atomic E-state index is 14.1. The fourth-order valence-corrected chi connectivity index (χ4v) is 2.74. The Morgan fingerprint density at radius 2 is 2.33 bits per heavy atom. The highest BCUT2D eigenvalue weighted by atomic mass is 35.5. The van der Waals surface area contributed by atoms with Crippen LogP contribution in [0.4, 0.5) is 8.78 Å². The van der Waals surface area contributed by atoms with Gasteiger partial charge in [0.15, 0.2) is 0 Å². The van der Waals surface area contributed by atoms with Crippen molar-refractivity contribution in [2.24, 2.45) is 16.6 Å². The summed E-state index contributed by atoms with van der Waals surface area (Å²) in [6, 6.07) is 4.41. The molecule has 0 bridgehead atoms. The summed E-state index contributed by atoms with van der Waals surface area (Å²) in [5.74, 6) is -0.816. The molecule has 0 amide bonds. The third-order valence-corrected chi connectivity index (χ3v) is 3.84. The molecular formula is C12H11ClF2N2O. The number of hydrogen-bond donors (Lipinski definition) is 1. The summed E-state index contributed by atoms with van der Waals surface area (Å²) >= 11 is 5.74. The van der Waals surface area contributed by atoms with Crippen LogP contribution in [-0.4, -0.2) is 18.8 Å². The normalized spacial score (nSPS) is 33.4. The lowest BCUT2D eigenvalue weighted by molar-refractivity contribution is 0.168. The van der Waals surface area contributed by atoms with Crippen LogP contribution in [0.3, 0.4) is 0 Å². The molecule has 3 unspecified atom stereocenters. The van der Waals surface area contributed by atoms with Crippen molar-refractivity contribution >= 4 is 17.6 Å². The summed E-state index contributed by atoms with van der Waals surface area (Å²) in [4.78, 5) is 4.03. The summed E-state index contributed by atoms with van der Waals surface area (Å²) in [6.45, 7) is -0.824. The number of halogens is 3. The molecular weight excluding hydrogens is 262 g/mol. The predicted molar refractivity (Wildman–Crippen MR) is 63.7 cm³/mol. The average molecular weight is 273 g/mol. The molecule has 1 aliphatic heterocycles. The first kappa shape index (κ1) is 11.7. The van der Waals surface area contributed by atoms with Crippen molar-refractivity contribution < 1.29 is 13.5 Å². The van der Waals surface area contributed by atoms with Crippen LogP contribution in [0, 0.1) is 11.7 Å². The van der Waals surface area contributed by atoms with E-state index in [-0.39, 0.29) is 28.6 Å². The van der Waals surface area contributed by atoms with Gasteiger partial charge in [-0.15, -0.1) is 0 Å². The van der Waals surface area contributed by atoms with Crippen molar-refractivity contribution in [1.82, 2.24) is 0 Å². The van der Waals surface area contributed by atoms with Crippen LogP contribution in [-0.2, 0) is 10.3 Å². The first-order chi connectivity index (χ1) is 8.58.